The highest BCUT2D eigenvalue weighted by Crippen LogP contribution is 2.38. The summed E-state index contributed by atoms with van der Waals surface area (Å²) >= 11 is 5.53. The number of nitrogens with zero attached hydrogens (tertiary/aromatic N) is 1. The van der Waals surface area contributed by atoms with Crippen LogP contribution in [0.1, 0.15) is 22.6 Å². The highest BCUT2D eigenvalue weighted by Gasteiger charge is 2.25. The molecule has 0 radical (unpaired) electrons. The molecule has 0 saturated carbocycles. The van der Waals surface area contributed by atoms with Crippen molar-refractivity contribution in [3.05, 3.63) is 56.2 Å². The molecule has 1 unspecified atom stereocenters. The molecule has 2 aromatic rings. The number of hydrogen-bond acceptors (Lipinski definition) is 2. The molecule has 0 fully saturated rings. The molecular weight excluding hydrogens is 342 g/mol. The van der Waals surface area contributed by atoms with Gasteiger partial charge in [-0.05, 0) is 51.5 Å². The predicted molar refractivity (Wildman–Crippen MR) is 88.8 cm³/mol. The molecule has 0 amide bonds. The normalized spacial score (nSPS) is 19.4. The fraction of sp³-hybridized carbons (Fsp3) is 0.333. The van der Waals surface area contributed by atoms with Crippen molar-refractivity contribution >= 4 is 39.7 Å². The highest BCUT2D eigenvalue weighted by atomic mass is 79.9. The van der Waals surface area contributed by atoms with Crippen molar-refractivity contribution in [2.24, 2.45) is 0 Å². The first kappa shape index (κ1) is 15.0. The lowest BCUT2D eigenvalue weighted by Crippen LogP contribution is -2.24. The standard InChI is InChI=1S/C15H16BrNS.ClH/c1-17-8-7-12-14(10-18-15(12)16)13(9-17)11-5-3-2-4-6-11;/h2-6,10,13H,7-9H2,1H3;1H. The molecule has 19 heavy (non-hydrogen) atoms. The maximum atomic E-state index is 3.71. The Kier molecular flexibility index (Phi) is 5.07. The molecule has 0 bridgehead atoms. The van der Waals surface area contributed by atoms with E-state index in [-0.39, 0.29) is 12.4 Å². The van der Waals surface area contributed by atoms with Gasteiger partial charge in [-0.25, -0.2) is 0 Å². The smallest absolute Gasteiger partial charge is 0.0733 e. The molecule has 1 aromatic carbocycles. The van der Waals surface area contributed by atoms with E-state index in [2.05, 4.69) is 63.6 Å². The Labute approximate surface area is 133 Å². The van der Waals surface area contributed by atoms with Crippen LogP contribution in [-0.2, 0) is 6.42 Å². The molecule has 0 spiro atoms. The van der Waals surface area contributed by atoms with Gasteiger partial charge in [0.15, 0.2) is 0 Å². The summed E-state index contributed by atoms with van der Waals surface area (Å²) in [7, 11) is 2.22. The van der Waals surface area contributed by atoms with Crippen molar-refractivity contribution < 1.29 is 0 Å². The Balaban J connectivity index is 0.00000133. The average molecular weight is 359 g/mol. The third-order valence-corrected chi connectivity index (χ3v) is 5.55. The van der Waals surface area contributed by atoms with Crippen molar-refractivity contribution in [1.82, 2.24) is 4.90 Å². The largest absolute Gasteiger partial charge is 0.305 e. The zero-order chi connectivity index (χ0) is 12.5. The van der Waals surface area contributed by atoms with E-state index in [1.165, 1.54) is 20.5 Å². The van der Waals surface area contributed by atoms with E-state index in [0.29, 0.717) is 5.92 Å². The van der Waals surface area contributed by atoms with Crippen molar-refractivity contribution in [2.75, 3.05) is 20.1 Å². The van der Waals surface area contributed by atoms with Gasteiger partial charge in [-0.3, -0.25) is 0 Å². The average Bonchev–Trinajstić information content (AvgIpc) is 2.66. The topological polar surface area (TPSA) is 3.24 Å². The van der Waals surface area contributed by atoms with E-state index in [4.69, 9.17) is 0 Å². The predicted octanol–water partition coefficient (Wildman–Crippen LogP) is 4.55. The van der Waals surface area contributed by atoms with Gasteiger partial charge in [0.25, 0.3) is 0 Å². The zero-order valence-electron chi connectivity index (χ0n) is 10.8. The maximum absolute atomic E-state index is 3.71. The summed E-state index contributed by atoms with van der Waals surface area (Å²) in [5.41, 5.74) is 4.46. The Morgan fingerprint density at radius 2 is 2.00 bits per heavy atom. The van der Waals surface area contributed by atoms with Gasteiger partial charge in [-0.1, -0.05) is 30.3 Å². The summed E-state index contributed by atoms with van der Waals surface area (Å²) in [6, 6.07) is 10.9. The maximum Gasteiger partial charge on any atom is 0.0733 e. The van der Waals surface area contributed by atoms with Gasteiger partial charge in [-0.2, -0.15) is 0 Å². The van der Waals surface area contributed by atoms with Crippen LogP contribution >= 0.6 is 39.7 Å². The number of rotatable bonds is 1. The first-order valence-electron chi connectivity index (χ1n) is 6.25. The number of thiophene rings is 1. The Hall–Kier alpha value is -0.350. The molecule has 0 N–H and O–H groups in total. The molecule has 102 valence electrons. The SMILES string of the molecule is CN1CCc2c(csc2Br)C(c2ccccc2)C1.Cl. The summed E-state index contributed by atoms with van der Waals surface area (Å²) < 4.78 is 1.31. The van der Waals surface area contributed by atoms with Gasteiger partial charge >= 0.3 is 0 Å². The van der Waals surface area contributed by atoms with Crippen molar-refractivity contribution in [3.63, 3.8) is 0 Å². The van der Waals surface area contributed by atoms with Gasteiger partial charge in [0.1, 0.15) is 0 Å². The van der Waals surface area contributed by atoms with E-state index in [9.17, 15) is 0 Å². The van der Waals surface area contributed by atoms with Crippen LogP contribution in [0.4, 0.5) is 0 Å². The minimum absolute atomic E-state index is 0. The lowest BCUT2D eigenvalue weighted by Gasteiger charge is -2.21. The van der Waals surface area contributed by atoms with Crippen LogP contribution in [0.25, 0.3) is 0 Å². The molecule has 2 heterocycles. The van der Waals surface area contributed by atoms with E-state index in [0.717, 1.165) is 19.5 Å². The molecule has 1 nitrogen and oxygen atoms in total. The molecule has 0 aliphatic carbocycles. The summed E-state index contributed by atoms with van der Waals surface area (Å²) in [5.74, 6) is 0.510. The quantitative estimate of drug-likeness (QED) is 0.722. The van der Waals surface area contributed by atoms with Gasteiger partial charge in [0.05, 0.1) is 3.79 Å². The molecule has 1 aromatic heterocycles. The molecule has 0 saturated heterocycles. The highest BCUT2D eigenvalue weighted by molar-refractivity contribution is 9.11. The fourth-order valence-electron chi connectivity index (χ4n) is 2.68. The summed E-state index contributed by atoms with van der Waals surface area (Å²) in [5, 5.41) is 2.33. The van der Waals surface area contributed by atoms with Crippen LogP contribution in [0.15, 0.2) is 39.5 Å². The van der Waals surface area contributed by atoms with Crippen molar-refractivity contribution in [1.29, 1.82) is 0 Å². The Bertz CT molecular complexity index is 540. The molecule has 4 heteroatoms. The Morgan fingerprint density at radius 3 is 2.74 bits per heavy atom. The van der Waals surface area contributed by atoms with E-state index in [1.54, 1.807) is 0 Å². The fourth-order valence-corrected chi connectivity index (χ4v) is 4.29. The van der Waals surface area contributed by atoms with Crippen LogP contribution < -0.4 is 0 Å². The van der Waals surface area contributed by atoms with Gasteiger partial charge in [0.2, 0.25) is 0 Å². The minimum Gasteiger partial charge on any atom is -0.305 e. The van der Waals surface area contributed by atoms with Crippen molar-refractivity contribution in [3.8, 4) is 0 Å². The van der Waals surface area contributed by atoms with E-state index in [1.807, 2.05) is 11.3 Å². The molecule has 1 aliphatic rings. The monoisotopic (exact) mass is 357 g/mol. The number of hydrogen-bond donors (Lipinski definition) is 0. The molecule has 1 atom stereocenters. The van der Waals surface area contributed by atoms with Crippen LogP contribution in [-0.4, -0.2) is 25.0 Å². The van der Waals surface area contributed by atoms with Crippen molar-refractivity contribution in [2.45, 2.75) is 12.3 Å². The first-order chi connectivity index (χ1) is 8.75. The van der Waals surface area contributed by atoms with E-state index >= 15 is 0 Å². The lowest BCUT2D eigenvalue weighted by atomic mass is 9.91. The minimum atomic E-state index is 0. The van der Waals surface area contributed by atoms with Crippen LogP contribution in [0.5, 0.6) is 0 Å². The third kappa shape index (κ3) is 3.05. The summed E-state index contributed by atoms with van der Waals surface area (Å²) in [4.78, 5) is 2.44. The second-order valence-corrected chi connectivity index (χ2v) is 7.12. The number of halogens is 2. The first-order valence-corrected chi connectivity index (χ1v) is 7.92. The van der Waals surface area contributed by atoms with Crippen LogP contribution in [0, 0.1) is 0 Å². The van der Waals surface area contributed by atoms with E-state index < -0.39 is 0 Å². The van der Waals surface area contributed by atoms with Crippen LogP contribution in [0.3, 0.4) is 0 Å². The number of likely N-dealkylation sites (N-methyl/N-ethyl adjacent to an activating group) is 1. The third-order valence-electron chi connectivity index (χ3n) is 3.69. The summed E-state index contributed by atoms with van der Waals surface area (Å²) in [6.07, 6.45) is 1.15. The van der Waals surface area contributed by atoms with Gasteiger partial charge in [0, 0.05) is 19.0 Å². The van der Waals surface area contributed by atoms with Crippen LogP contribution in [0.2, 0.25) is 0 Å². The molecule has 1 aliphatic heterocycles. The van der Waals surface area contributed by atoms with Gasteiger partial charge < -0.3 is 4.90 Å². The zero-order valence-corrected chi connectivity index (χ0v) is 14.0. The summed E-state index contributed by atoms with van der Waals surface area (Å²) in [6.45, 7) is 2.26. The Morgan fingerprint density at radius 1 is 1.26 bits per heavy atom. The second-order valence-electron chi connectivity index (χ2n) is 4.92. The number of fused-ring (bicyclic) bond motifs is 1. The number of benzene rings is 1. The molecular formula is C15H17BrClNS. The second kappa shape index (κ2) is 6.40. The van der Waals surface area contributed by atoms with Gasteiger partial charge in [-0.15, -0.1) is 23.7 Å². The lowest BCUT2D eigenvalue weighted by molar-refractivity contribution is 0.338. The molecule has 3 rings (SSSR count).